The van der Waals surface area contributed by atoms with E-state index in [-0.39, 0.29) is 0 Å². The Kier molecular flexibility index (Phi) is 1.87. The molecular formula is C8H15NO2. The number of methoxy groups -OCH3 is 1. The van der Waals surface area contributed by atoms with Crippen molar-refractivity contribution in [2.75, 3.05) is 40.0 Å². The molecule has 0 aromatic carbocycles. The standard InChI is InChI=1S/C8H15NO2/c1-10-5-8-4-9-2-7(8)3-11-6-8/h7,9H,2-6H2,1H3. The van der Waals surface area contributed by atoms with E-state index in [9.17, 15) is 0 Å². The molecule has 0 bridgehead atoms. The van der Waals surface area contributed by atoms with Crippen molar-refractivity contribution >= 4 is 0 Å². The minimum absolute atomic E-state index is 0.300. The van der Waals surface area contributed by atoms with Crippen molar-refractivity contribution in [2.45, 2.75) is 0 Å². The molecule has 2 saturated heterocycles. The molecule has 0 radical (unpaired) electrons. The number of rotatable bonds is 2. The molecule has 2 rings (SSSR count). The van der Waals surface area contributed by atoms with Crippen molar-refractivity contribution in [3.05, 3.63) is 0 Å². The lowest BCUT2D eigenvalue weighted by Crippen LogP contribution is -2.34. The second-order valence-corrected chi connectivity index (χ2v) is 3.64. The highest BCUT2D eigenvalue weighted by Crippen LogP contribution is 2.37. The lowest BCUT2D eigenvalue weighted by atomic mass is 9.82. The van der Waals surface area contributed by atoms with Crippen LogP contribution in [0.4, 0.5) is 0 Å². The minimum Gasteiger partial charge on any atom is -0.384 e. The monoisotopic (exact) mass is 157 g/mol. The van der Waals surface area contributed by atoms with Crippen LogP contribution >= 0.6 is 0 Å². The molecule has 2 fully saturated rings. The van der Waals surface area contributed by atoms with Crippen molar-refractivity contribution < 1.29 is 9.47 Å². The van der Waals surface area contributed by atoms with Gasteiger partial charge in [-0.25, -0.2) is 0 Å². The van der Waals surface area contributed by atoms with Gasteiger partial charge in [-0.05, 0) is 0 Å². The van der Waals surface area contributed by atoms with Crippen molar-refractivity contribution in [1.29, 1.82) is 0 Å². The topological polar surface area (TPSA) is 30.5 Å². The highest BCUT2D eigenvalue weighted by atomic mass is 16.5. The molecule has 2 aliphatic heterocycles. The summed E-state index contributed by atoms with van der Waals surface area (Å²) in [5.41, 5.74) is 0.300. The van der Waals surface area contributed by atoms with Gasteiger partial charge in [0.2, 0.25) is 0 Å². The van der Waals surface area contributed by atoms with Crippen LogP contribution < -0.4 is 5.32 Å². The van der Waals surface area contributed by atoms with E-state index in [0.717, 1.165) is 32.9 Å². The average molecular weight is 157 g/mol. The normalized spacial score (nSPS) is 42.8. The molecule has 3 nitrogen and oxygen atoms in total. The third kappa shape index (κ3) is 1.08. The SMILES string of the molecule is COCC12CNCC1COC2. The molecule has 0 aromatic rings. The zero-order valence-electron chi connectivity index (χ0n) is 6.93. The number of ether oxygens (including phenoxy) is 2. The predicted molar refractivity (Wildman–Crippen MR) is 41.5 cm³/mol. The molecule has 2 aliphatic rings. The Balaban J connectivity index is 2.07. The summed E-state index contributed by atoms with van der Waals surface area (Å²) in [7, 11) is 1.77. The van der Waals surface area contributed by atoms with Gasteiger partial charge in [-0.3, -0.25) is 0 Å². The van der Waals surface area contributed by atoms with Gasteiger partial charge < -0.3 is 14.8 Å². The average Bonchev–Trinajstić information content (AvgIpc) is 2.45. The third-order valence-electron chi connectivity index (χ3n) is 2.87. The second-order valence-electron chi connectivity index (χ2n) is 3.64. The molecule has 0 spiro atoms. The maximum absolute atomic E-state index is 5.45. The van der Waals surface area contributed by atoms with Gasteiger partial charge in [0.05, 0.1) is 19.8 Å². The molecule has 0 amide bonds. The minimum atomic E-state index is 0.300. The summed E-state index contributed by atoms with van der Waals surface area (Å²) < 4.78 is 10.7. The first-order chi connectivity index (χ1) is 5.37. The summed E-state index contributed by atoms with van der Waals surface area (Å²) in [5, 5.41) is 3.39. The summed E-state index contributed by atoms with van der Waals surface area (Å²) in [5.74, 6) is 0.683. The lowest BCUT2D eigenvalue weighted by molar-refractivity contribution is 0.0646. The second kappa shape index (κ2) is 2.73. The number of hydrogen-bond donors (Lipinski definition) is 1. The number of nitrogens with one attached hydrogen (secondary N) is 1. The Hall–Kier alpha value is -0.120. The van der Waals surface area contributed by atoms with Crippen LogP contribution in [0, 0.1) is 11.3 Å². The largest absolute Gasteiger partial charge is 0.384 e. The van der Waals surface area contributed by atoms with Gasteiger partial charge in [-0.2, -0.15) is 0 Å². The predicted octanol–water partition coefficient (Wildman–Crippen LogP) is -0.131. The molecule has 2 unspecified atom stereocenters. The lowest BCUT2D eigenvalue weighted by Gasteiger charge is -2.24. The van der Waals surface area contributed by atoms with Gasteiger partial charge in [-0.1, -0.05) is 0 Å². The van der Waals surface area contributed by atoms with Gasteiger partial charge in [-0.15, -0.1) is 0 Å². The van der Waals surface area contributed by atoms with Gasteiger partial charge in [0.15, 0.2) is 0 Å². The van der Waals surface area contributed by atoms with E-state index < -0.39 is 0 Å². The van der Waals surface area contributed by atoms with Crippen molar-refractivity contribution in [3.8, 4) is 0 Å². The Bertz CT molecular complexity index is 139. The van der Waals surface area contributed by atoms with E-state index in [1.165, 1.54) is 0 Å². The van der Waals surface area contributed by atoms with Gasteiger partial charge >= 0.3 is 0 Å². The number of fused-ring (bicyclic) bond motifs is 1. The zero-order valence-corrected chi connectivity index (χ0v) is 6.93. The molecule has 0 aliphatic carbocycles. The molecule has 0 saturated carbocycles. The van der Waals surface area contributed by atoms with E-state index in [4.69, 9.17) is 9.47 Å². The van der Waals surface area contributed by atoms with Gasteiger partial charge in [0.1, 0.15) is 0 Å². The molecular weight excluding hydrogens is 142 g/mol. The van der Waals surface area contributed by atoms with E-state index in [1.54, 1.807) is 7.11 Å². The van der Waals surface area contributed by atoms with E-state index in [0.29, 0.717) is 11.3 Å². The summed E-state index contributed by atoms with van der Waals surface area (Å²) in [6, 6.07) is 0. The van der Waals surface area contributed by atoms with Crippen LogP contribution in [0.3, 0.4) is 0 Å². The molecule has 3 heteroatoms. The maximum atomic E-state index is 5.45. The van der Waals surface area contributed by atoms with Crippen LogP contribution in [0.15, 0.2) is 0 Å². The third-order valence-corrected chi connectivity index (χ3v) is 2.87. The van der Waals surface area contributed by atoms with Crippen LogP contribution in [-0.2, 0) is 9.47 Å². The van der Waals surface area contributed by atoms with Gasteiger partial charge in [0.25, 0.3) is 0 Å². The molecule has 11 heavy (non-hydrogen) atoms. The van der Waals surface area contributed by atoms with E-state index in [2.05, 4.69) is 5.32 Å². The van der Waals surface area contributed by atoms with Crippen LogP contribution in [0.2, 0.25) is 0 Å². The molecule has 2 heterocycles. The number of hydrogen-bond acceptors (Lipinski definition) is 3. The fourth-order valence-corrected chi connectivity index (χ4v) is 2.16. The Morgan fingerprint density at radius 2 is 2.64 bits per heavy atom. The summed E-state index contributed by atoms with van der Waals surface area (Å²) in [6.07, 6.45) is 0. The first-order valence-corrected chi connectivity index (χ1v) is 4.15. The van der Waals surface area contributed by atoms with E-state index in [1.807, 2.05) is 0 Å². The van der Waals surface area contributed by atoms with Crippen molar-refractivity contribution in [2.24, 2.45) is 11.3 Å². The highest BCUT2D eigenvalue weighted by Gasteiger charge is 2.47. The van der Waals surface area contributed by atoms with Gasteiger partial charge in [0, 0.05) is 31.5 Å². The highest BCUT2D eigenvalue weighted by molar-refractivity contribution is 4.98. The molecule has 2 atom stereocenters. The quantitative estimate of drug-likeness (QED) is 0.605. The molecule has 64 valence electrons. The molecule has 1 N–H and O–H groups in total. The van der Waals surface area contributed by atoms with Crippen molar-refractivity contribution in [3.63, 3.8) is 0 Å². The zero-order chi connectivity index (χ0) is 7.73. The Morgan fingerprint density at radius 1 is 1.73 bits per heavy atom. The smallest absolute Gasteiger partial charge is 0.0560 e. The summed E-state index contributed by atoms with van der Waals surface area (Å²) in [6.45, 7) is 4.79. The Labute approximate surface area is 67.1 Å². The molecule has 0 aromatic heterocycles. The maximum Gasteiger partial charge on any atom is 0.0560 e. The first-order valence-electron chi connectivity index (χ1n) is 4.15. The van der Waals surface area contributed by atoms with Crippen LogP contribution in [-0.4, -0.2) is 40.0 Å². The summed E-state index contributed by atoms with van der Waals surface area (Å²) >= 11 is 0. The fraction of sp³-hybridized carbons (Fsp3) is 1.00. The van der Waals surface area contributed by atoms with Crippen molar-refractivity contribution in [1.82, 2.24) is 5.32 Å². The fourth-order valence-electron chi connectivity index (χ4n) is 2.16. The van der Waals surface area contributed by atoms with Crippen LogP contribution in [0.1, 0.15) is 0 Å². The first kappa shape index (κ1) is 7.53. The van der Waals surface area contributed by atoms with Crippen LogP contribution in [0.25, 0.3) is 0 Å². The summed E-state index contributed by atoms with van der Waals surface area (Å²) in [4.78, 5) is 0. The van der Waals surface area contributed by atoms with E-state index >= 15 is 0 Å². The Morgan fingerprint density at radius 3 is 3.45 bits per heavy atom. The van der Waals surface area contributed by atoms with Crippen LogP contribution in [0.5, 0.6) is 0 Å².